The number of halogens is 1. The lowest BCUT2D eigenvalue weighted by molar-refractivity contribution is 0.706. The highest BCUT2D eigenvalue weighted by Crippen LogP contribution is 2.28. The average molecular weight is 377 g/mol. The molecule has 0 fully saturated rings. The predicted molar refractivity (Wildman–Crippen MR) is 108 cm³/mol. The Morgan fingerprint density at radius 1 is 1.11 bits per heavy atom. The van der Waals surface area contributed by atoms with Crippen LogP contribution in [0.4, 0.5) is 5.82 Å². The molecule has 27 heavy (non-hydrogen) atoms. The van der Waals surface area contributed by atoms with Gasteiger partial charge in [0.1, 0.15) is 16.5 Å². The van der Waals surface area contributed by atoms with Gasteiger partial charge in [0.2, 0.25) is 0 Å². The molecule has 0 amide bonds. The standard InChI is InChI=1S/C20H17ClN6/c1-2-10-27-18(21)11-17(26-27)19-20(23-13-14-6-5-9-22-12-14)25-16-8-4-3-7-15(16)24-19/h2-9,11-12H,1,10,13H2,(H,23,25). The molecular formula is C20H17ClN6. The van der Waals surface area contributed by atoms with Crippen molar-refractivity contribution in [3.05, 3.63) is 78.2 Å². The normalized spacial score (nSPS) is 10.9. The smallest absolute Gasteiger partial charge is 0.155 e. The van der Waals surface area contributed by atoms with Gasteiger partial charge in [-0.3, -0.25) is 4.98 Å². The molecule has 4 aromatic rings. The van der Waals surface area contributed by atoms with Crippen molar-refractivity contribution in [2.75, 3.05) is 5.32 Å². The summed E-state index contributed by atoms with van der Waals surface area (Å²) in [4.78, 5) is 13.7. The van der Waals surface area contributed by atoms with E-state index >= 15 is 0 Å². The monoisotopic (exact) mass is 376 g/mol. The summed E-state index contributed by atoms with van der Waals surface area (Å²) in [7, 11) is 0. The van der Waals surface area contributed by atoms with Gasteiger partial charge in [-0.2, -0.15) is 5.10 Å². The summed E-state index contributed by atoms with van der Waals surface area (Å²) >= 11 is 6.29. The number of benzene rings is 1. The fraction of sp³-hybridized carbons (Fsp3) is 0.100. The summed E-state index contributed by atoms with van der Waals surface area (Å²) < 4.78 is 1.67. The van der Waals surface area contributed by atoms with Crippen LogP contribution in [0.2, 0.25) is 5.15 Å². The lowest BCUT2D eigenvalue weighted by Crippen LogP contribution is -2.06. The molecule has 0 bridgehead atoms. The van der Waals surface area contributed by atoms with E-state index in [4.69, 9.17) is 21.6 Å². The maximum atomic E-state index is 6.29. The Morgan fingerprint density at radius 3 is 2.67 bits per heavy atom. The molecule has 4 rings (SSSR count). The third-order valence-electron chi connectivity index (χ3n) is 4.03. The first-order valence-electron chi connectivity index (χ1n) is 8.49. The molecule has 134 valence electrons. The van der Waals surface area contributed by atoms with Crippen LogP contribution in [0.15, 0.2) is 67.5 Å². The van der Waals surface area contributed by atoms with Crippen LogP contribution in [-0.4, -0.2) is 24.7 Å². The number of rotatable bonds is 6. The van der Waals surface area contributed by atoms with Crippen molar-refractivity contribution in [3.63, 3.8) is 0 Å². The first-order valence-corrected chi connectivity index (χ1v) is 8.86. The molecule has 1 N–H and O–H groups in total. The topological polar surface area (TPSA) is 68.5 Å². The van der Waals surface area contributed by atoms with Crippen LogP contribution in [0.1, 0.15) is 5.56 Å². The fourth-order valence-electron chi connectivity index (χ4n) is 2.75. The number of nitrogens with one attached hydrogen (secondary N) is 1. The van der Waals surface area contributed by atoms with Crippen molar-refractivity contribution >= 4 is 28.5 Å². The zero-order valence-corrected chi connectivity index (χ0v) is 15.3. The van der Waals surface area contributed by atoms with Crippen LogP contribution < -0.4 is 5.32 Å². The van der Waals surface area contributed by atoms with Gasteiger partial charge in [-0.1, -0.05) is 35.9 Å². The second-order valence-electron chi connectivity index (χ2n) is 5.95. The number of aromatic nitrogens is 5. The van der Waals surface area contributed by atoms with Crippen molar-refractivity contribution < 1.29 is 0 Å². The van der Waals surface area contributed by atoms with E-state index in [9.17, 15) is 0 Å². The molecule has 0 aliphatic heterocycles. The molecule has 0 saturated heterocycles. The first-order chi connectivity index (χ1) is 13.2. The molecule has 3 heterocycles. The number of hydrogen-bond acceptors (Lipinski definition) is 5. The van der Waals surface area contributed by atoms with Crippen LogP contribution in [-0.2, 0) is 13.1 Å². The Hall–Kier alpha value is -3.25. The summed E-state index contributed by atoms with van der Waals surface area (Å²) in [6.45, 7) is 4.84. The first kappa shape index (κ1) is 17.2. The van der Waals surface area contributed by atoms with Gasteiger partial charge in [0.05, 0.1) is 17.6 Å². The van der Waals surface area contributed by atoms with Gasteiger partial charge in [0.25, 0.3) is 0 Å². The minimum Gasteiger partial charge on any atom is -0.364 e. The van der Waals surface area contributed by atoms with Crippen molar-refractivity contribution in [3.8, 4) is 11.4 Å². The zero-order chi connectivity index (χ0) is 18.6. The van der Waals surface area contributed by atoms with Gasteiger partial charge in [-0.25, -0.2) is 14.6 Å². The largest absolute Gasteiger partial charge is 0.364 e. The predicted octanol–water partition coefficient (Wildman–Crippen LogP) is 4.34. The van der Waals surface area contributed by atoms with E-state index in [1.54, 1.807) is 23.0 Å². The van der Waals surface area contributed by atoms with Gasteiger partial charge in [-0.05, 0) is 23.8 Å². The Labute approximate surface area is 161 Å². The summed E-state index contributed by atoms with van der Waals surface area (Å²) in [5, 5.41) is 8.43. The van der Waals surface area contributed by atoms with Gasteiger partial charge < -0.3 is 5.32 Å². The average Bonchev–Trinajstić information content (AvgIpc) is 3.07. The third kappa shape index (κ3) is 3.66. The van der Waals surface area contributed by atoms with E-state index in [0.29, 0.717) is 35.4 Å². The number of fused-ring (bicyclic) bond motifs is 1. The third-order valence-corrected chi connectivity index (χ3v) is 4.33. The van der Waals surface area contributed by atoms with Gasteiger partial charge in [0.15, 0.2) is 5.82 Å². The summed E-state index contributed by atoms with van der Waals surface area (Å²) in [5.74, 6) is 0.650. The Kier molecular flexibility index (Phi) is 4.80. The van der Waals surface area contributed by atoms with Gasteiger partial charge in [-0.15, -0.1) is 6.58 Å². The molecule has 0 aliphatic rings. The molecule has 0 radical (unpaired) electrons. The van der Waals surface area contributed by atoms with E-state index in [1.165, 1.54) is 0 Å². The van der Waals surface area contributed by atoms with E-state index in [1.807, 2.05) is 42.6 Å². The molecule has 7 heteroatoms. The van der Waals surface area contributed by atoms with Crippen LogP contribution in [0.3, 0.4) is 0 Å². The Bertz CT molecular complexity index is 1090. The van der Waals surface area contributed by atoms with Crippen LogP contribution >= 0.6 is 11.6 Å². The SMILES string of the molecule is C=CCn1nc(-c2nc3ccccc3nc2NCc2cccnc2)cc1Cl. The molecule has 1 aromatic carbocycles. The van der Waals surface area contributed by atoms with Crippen molar-refractivity contribution in [1.29, 1.82) is 0 Å². The number of hydrogen-bond donors (Lipinski definition) is 1. The van der Waals surface area contributed by atoms with Gasteiger partial charge >= 0.3 is 0 Å². The number of pyridine rings is 1. The highest BCUT2D eigenvalue weighted by molar-refractivity contribution is 6.29. The van der Waals surface area contributed by atoms with Crippen molar-refractivity contribution in [2.24, 2.45) is 0 Å². The molecule has 0 saturated carbocycles. The van der Waals surface area contributed by atoms with Gasteiger partial charge in [0, 0.05) is 25.0 Å². The van der Waals surface area contributed by atoms with Crippen LogP contribution in [0.5, 0.6) is 0 Å². The lowest BCUT2D eigenvalue weighted by Gasteiger charge is -2.10. The summed E-state index contributed by atoms with van der Waals surface area (Å²) in [6.07, 6.45) is 5.31. The molecule has 0 unspecified atom stereocenters. The molecule has 0 aliphatic carbocycles. The zero-order valence-electron chi connectivity index (χ0n) is 14.5. The highest BCUT2D eigenvalue weighted by Gasteiger charge is 2.15. The van der Waals surface area contributed by atoms with E-state index in [-0.39, 0.29) is 0 Å². The molecule has 6 nitrogen and oxygen atoms in total. The second kappa shape index (κ2) is 7.55. The Morgan fingerprint density at radius 2 is 1.93 bits per heavy atom. The fourth-order valence-corrected chi connectivity index (χ4v) is 2.96. The molecule has 0 spiro atoms. The van der Waals surface area contributed by atoms with E-state index in [2.05, 4.69) is 22.0 Å². The maximum Gasteiger partial charge on any atom is 0.155 e. The quantitative estimate of drug-likeness (QED) is 0.507. The lowest BCUT2D eigenvalue weighted by atomic mass is 10.2. The van der Waals surface area contributed by atoms with Crippen LogP contribution in [0, 0.1) is 0 Å². The minimum atomic E-state index is 0.526. The second-order valence-corrected chi connectivity index (χ2v) is 6.33. The summed E-state index contributed by atoms with van der Waals surface area (Å²) in [6, 6.07) is 13.4. The Balaban J connectivity index is 1.77. The number of para-hydroxylation sites is 2. The van der Waals surface area contributed by atoms with Crippen molar-refractivity contribution in [1.82, 2.24) is 24.7 Å². The number of allylic oxidation sites excluding steroid dienone is 1. The molecule has 0 atom stereocenters. The molecule has 3 aromatic heterocycles. The number of nitrogens with zero attached hydrogens (tertiary/aromatic N) is 5. The molecular weight excluding hydrogens is 360 g/mol. The highest BCUT2D eigenvalue weighted by atomic mass is 35.5. The van der Waals surface area contributed by atoms with E-state index in [0.717, 1.165) is 16.6 Å². The van der Waals surface area contributed by atoms with E-state index < -0.39 is 0 Å². The maximum absolute atomic E-state index is 6.29. The summed E-state index contributed by atoms with van der Waals surface area (Å²) in [5.41, 5.74) is 3.98. The number of anilines is 1. The minimum absolute atomic E-state index is 0.526. The van der Waals surface area contributed by atoms with Crippen molar-refractivity contribution in [2.45, 2.75) is 13.1 Å². The van der Waals surface area contributed by atoms with Crippen LogP contribution in [0.25, 0.3) is 22.4 Å².